The van der Waals surface area contributed by atoms with Crippen LogP contribution in [0.5, 0.6) is 0 Å². The number of hydrogen-bond donors (Lipinski definition) is 1. The van der Waals surface area contributed by atoms with E-state index in [0.29, 0.717) is 25.4 Å². The van der Waals surface area contributed by atoms with Crippen LogP contribution >= 0.6 is 0 Å². The molecule has 0 aromatic heterocycles. The summed E-state index contributed by atoms with van der Waals surface area (Å²) in [5, 5.41) is 2.80. The Hall–Kier alpha value is -1.06. The van der Waals surface area contributed by atoms with Gasteiger partial charge in [-0.2, -0.15) is 0 Å². The van der Waals surface area contributed by atoms with Crippen molar-refractivity contribution in [3.63, 3.8) is 0 Å². The molecule has 2 bridgehead atoms. The summed E-state index contributed by atoms with van der Waals surface area (Å²) in [4.78, 5) is 25.7. The van der Waals surface area contributed by atoms with Crippen LogP contribution in [0.15, 0.2) is 0 Å². The van der Waals surface area contributed by atoms with Gasteiger partial charge in [0.25, 0.3) is 0 Å². The summed E-state index contributed by atoms with van der Waals surface area (Å²) in [6, 6.07) is -0.287. The Balaban J connectivity index is 1.59. The summed E-state index contributed by atoms with van der Waals surface area (Å²) in [5.74, 6) is 2.44. The van der Waals surface area contributed by atoms with Gasteiger partial charge in [-0.15, -0.1) is 0 Å². The number of carbonyl (C=O) groups is 2. The highest BCUT2D eigenvalue weighted by Gasteiger charge is 2.41. The van der Waals surface area contributed by atoms with Crippen LogP contribution in [-0.4, -0.2) is 35.8 Å². The standard InChI is InChI=1S/C14H22N2O2/c1-9-14(18)15-4-5-16(9)13(17)8-12-7-10-2-3-11(12)6-10/h9-12H,2-8H2,1H3,(H,15,18). The summed E-state index contributed by atoms with van der Waals surface area (Å²) in [7, 11) is 0. The number of piperazine rings is 1. The van der Waals surface area contributed by atoms with E-state index >= 15 is 0 Å². The molecule has 1 saturated heterocycles. The molecule has 4 nitrogen and oxygen atoms in total. The Bertz CT molecular complexity index is 369. The lowest BCUT2D eigenvalue weighted by molar-refractivity contribution is -0.143. The first kappa shape index (κ1) is 12.0. The molecule has 1 N–H and O–H groups in total. The van der Waals surface area contributed by atoms with Crippen LogP contribution in [0.25, 0.3) is 0 Å². The predicted octanol–water partition coefficient (Wildman–Crippen LogP) is 1.16. The second kappa shape index (κ2) is 4.56. The van der Waals surface area contributed by atoms with Gasteiger partial charge in [0.15, 0.2) is 0 Å². The van der Waals surface area contributed by atoms with Crippen LogP contribution in [0.2, 0.25) is 0 Å². The zero-order chi connectivity index (χ0) is 12.7. The first-order valence-corrected chi connectivity index (χ1v) is 7.22. The lowest BCUT2D eigenvalue weighted by Crippen LogP contribution is -2.56. The third-order valence-electron chi connectivity index (χ3n) is 5.14. The van der Waals surface area contributed by atoms with Gasteiger partial charge in [0.05, 0.1) is 0 Å². The first-order valence-electron chi connectivity index (χ1n) is 7.22. The Morgan fingerprint density at radius 2 is 2.22 bits per heavy atom. The molecule has 0 radical (unpaired) electrons. The van der Waals surface area contributed by atoms with Gasteiger partial charge in [-0.25, -0.2) is 0 Å². The number of fused-ring (bicyclic) bond motifs is 2. The minimum Gasteiger partial charge on any atom is -0.353 e. The van der Waals surface area contributed by atoms with E-state index in [1.165, 1.54) is 25.7 Å². The Kier molecular flexibility index (Phi) is 3.04. The lowest BCUT2D eigenvalue weighted by Gasteiger charge is -2.34. The summed E-state index contributed by atoms with van der Waals surface area (Å²) < 4.78 is 0. The summed E-state index contributed by atoms with van der Waals surface area (Å²) in [6.07, 6.45) is 5.94. The molecule has 3 rings (SSSR count). The number of carbonyl (C=O) groups excluding carboxylic acids is 2. The number of amides is 2. The zero-order valence-corrected chi connectivity index (χ0v) is 11.0. The van der Waals surface area contributed by atoms with Gasteiger partial charge in [0.1, 0.15) is 6.04 Å². The first-order chi connectivity index (χ1) is 8.65. The van der Waals surface area contributed by atoms with Crippen molar-refractivity contribution in [3.8, 4) is 0 Å². The molecular formula is C14H22N2O2. The molecule has 0 aromatic carbocycles. The third kappa shape index (κ3) is 2.02. The van der Waals surface area contributed by atoms with Crippen molar-refractivity contribution in [1.82, 2.24) is 10.2 Å². The highest BCUT2D eigenvalue weighted by Crippen LogP contribution is 2.49. The lowest BCUT2D eigenvalue weighted by atomic mass is 9.86. The maximum atomic E-state index is 12.3. The molecule has 1 heterocycles. The maximum absolute atomic E-state index is 12.3. The summed E-state index contributed by atoms with van der Waals surface area (Å²) in [5.41, 5.74) is 0. The van der Waals surface area contributed by atoms with E-state index in [4.69, 9.17) is 0 Å². The van der Waals surface area contributed by atoms with Gasteiger partial charge in [-0.1, -0.05) is 6.42 Å². The van der Waals surface area contributed by atoms with Crippen molar-refractivity contribution in [2.45, 2.75) is 45.1 Å². The summed E-state index contributed by atoms with van der Waals surface area (Å²) >= 11 is 0. The molecule has 3 aliphatic rings. The van der Waals surface area contributed by atoms with Gasteiger partial charge in [0, 0.05) is 19.5 Å². The van der Waals surface area contributed by atoms with Crippen molar-refractivity contribution < 1.29 is 9.59 Å². The molecule has 2 aliphatic carbocycles. The van der Waals surface area contributed by atoms with E-state index in [-0.39, 0.29) is 17.9 Å². The number of nitrogens with one attached hydrogen (secondary N) is 1. The van der Waals surface area contributed by atoms with Crippen molar-refractivity contribution >= 4 is 11.8 Å². The predicted molar refractivity (Wildman–Crippen MR) is 67.7 cm³/mol. The Morgan fingerprint density at radius 1 is 1.39 bits per heavy atom. The average molecular weight is 250 g/mol. The van der Waals surface area contributed by atoms with Gasteiger partial charge in [0.2, 0.25) is 11.8 Å². The molecule has 3 fully saturated rings. The molecule has 0 aromatic rings. The number of hydrogen-bond acceptors (Lipinski definition) is 2. The maximum Gasteiger partial charge on any atom is 0.242 e. The molecular weight excluding hydrogens is 228 g/mol. The van der Waals surface area contributed by atoms with E-state index < -0.39 is 0 Å². The molecule has 4 heteroatoms. The van der Waals surface area contributed by atoms with Crippen molar-refractivity contribution in [3.05, 3.63) is 0 Å². The van der Waals surface area contributed by atoms with Gasteiger partial charge >= 0.3 is 0 Å². The van der Waals surface area contributed by atoms with E-state index in [1.807, 2.05) is 6.92 Å². The molecule has 100 valence electrons. The molecule has 2 saturated carbocycles. The molecule has 1 aliphatic heterocycles. The quantitative estimate of drug-likeness (QED) is 0.799. The topological polar surface area (TPSA) is 49.4 Å². The average Bonchev–Trinajstić information content (AvgIpc) is 2.94. The van der Waals surface area contributed by atoms with Crippen LogP contribution < -0.4 is 5.32 Å². The summed E-state index contributed by atoms with van der Waals surface area (Å²) in [6.45, 7) is 3.10. The second-order valence-corrected chi connectivity index (χ2v) is 6.19. The SMILES string of the molecule is CC1C(=O)NCCN1C(=O)CC1CC2CCC1C2. The van der Waals surface area contributed by atoms with Gasteiger partial charge < -0.3 is 10.2 Å². The van der Waals surface area contributed by atoms with Crippen LogP contribution in [0.4, 0.5) is 0 Å². The monoisotopic (exact) mass is 250 g/mol. The van der Waals surface area contributed by atoms with Crippen molar-refractivity contribution in [1.29, 1.82) is 0 Å². The minimum atomic E-state index is -0.287. The molecule has 4 unspecified atom stereocenters. The highest BCUT2D eigenvalue weighted by atomic mass is 16.2. The molecule has 2 amide bonds. The molecule has 18 heavy (non-hydrogen) atoms. The van der Waals surface area contributed by atoms with Crippen LogP contribution in [0.1, 0.15) is 39.0 Å². The van der Waals surface area contributed by atoms with Gasteiger partial charge in [-0.3, -0.25) is 9.59 Å². The van der Waals surface area contributed by atoms with Crippen LogP contribution in [0.3, 0.4) is 0 Å². The Morgan fingerprint density at radius 3 is 2.89 bits per heavy atom. The fraction of sp³-hybridized carbons (Fsp3) is 0.857. The fourth-order valence-corrected chi connectivity index (χ4v) is 4.09. The smallest absolute Gasteiger partial charge is 0.242 e. The fourth-order valence-electron chi connectivity index (χ4n) is 4.09. The number of nitrogens with zero attached hydrogens (tertiary/aromatic N) is 1. The zero-order valence-electron chi connectivity index (χ0n) is 11.0. The minimum absolute atomic E-state index is 0.0115. The Labute approximate surface area is 108 Å². The van der Waals surface area contributed by atoms with E-state index in [1.54, 1.807) is 4.90 Å². The van der Waals surface area contributed by atoms with Crippen molar-refractivity contribution in [2.24, 2.45) is 17.8 Å². The highest BCUT2D eigenvalue weighted by molar-refractivity contribution is 5.88. The van der Waals surface area contributed by atoms with E-state index in [9.17, 15) is 9.59 Å². The van der Waals surface area contributed by atoms with E-state index in [0.717, 1.165) is 11.8 Å². The third-order valence-corrected chi connectivity index (χ3v) is 5.14. The largest absolute Gasteiger partial charge is 0.353 e. The number of rotatable bonds is 2. The normalized spacial score (nSPS) is 38.9. The van der Waals surface area contributed by atoms with E-state index in [2.05, 4.69) is 5.32 Å². The molecule has 0 spiro atoms. The molecule has 4 atom stereocenters. The van der Waals surface area contributed by atoms with Crippen molar-refractivity contribution in [2.75, 3.05) is 13.1 Å². The van der Waals surface area contributed by atoms with Crippen LogP contribution in [0, 0.1) is 17.8 Å². The van der Waals surface area contributed by atoms with Crippen LogP contribution in [-0.2, 0) is 9.59 Å². The second-order valence-electron chi connectivity index (χ2n) is 6.19. The van der Waals surface area contributed by atoms with Gasteiger partial charge in [-0.05, 0) is 43.9 Å².